The summed E-state index contributed by atoms with van der Waals surface area (Å²) in [6.45, 7) is 5.54. The molecule has 5 heteroatoms. The van der Waals surface area contributed by atoms with Crippen LogP contribution in [0.4, 0.5) is 11.4 Å². The SMILES string of the molecule is CC(=O)Nc1cccc(NC(=O)c2cccc3c2O[C@@H](C)[C@@H]3C)c1. The van der Waals surface area contributed by atoms with Crippen molar-refractivity contribution in [2.24, 2.45) is 0 Å². The number of nitrogens with one attached hydrogen (secondary N) is 2. The molecule has 0 fully saturated rings. The van der Waals surface area contributed by atoms with Crippen LogP contribution >= 0.6 is 0 Å². The van der Waals surface area contributed by atoms with Gasteiger partial charge in [0.15, 0.2) is 0 Å². The number of ether oxygens (including phenoxy) is 1. The minimum Gasteiger partial charge on any atom is -0.489 e. The van der Waals surface area contributed by atoms with Crippen LogP contribution in [0.2, 0.25) is 0 Å². The first kappa shape index (κ1) is 16.1. The first-order valence-corrected chi connectivity index (χ1v) is 7.94. The van der Waals surface area contributed by atoms with Crippen molar-refractivity contribution in [2.45, 2.75) is 32.8 Å². The molecular formula is C19H20N2O3. The number of carbonyl (C=O) groups excluding carboxylic acids is 2. The summed E-state index contributed by atoms with van der Waals surface area (Å²) in [4.78, 5) is 23.8. The molecule has 124 valence electrons. The summed E-state index contributed by atoms with van der Waals surface area (Å²) in [7, 11) is 0. The molecule has 2 aromatic carbocycles. The van der Waals surface area contributed by atoms with Gasteiger partial charge in [-0.25, -0.2) is 0 Å². The standard InChI is InChI=1S/C19H20N2O3/c1-11-12(2)24-18-16(11)8-5-9-17(18)19(23)21-15-7-4-6-14(10-15)20-13(3)22/h4-12H,1-3H3,(H,20,22)(H,21,23)/t11-,12-/m0/s1. The Morgan fingerprint density at radius 3 is 2.38 bits per heavy atom. The lowest BCUT2D eigenvalue weighted by atomic mass is 9.97. The molecule has 0 aliphatic carbocycles. The smallest absolute Gasteiger partial charge is 0.259 e. The monoisotopic (exact) mass is 324 g/mol. The second-order valence-electron chi connectivity index (χ2n) is 6.05. The van der Waals surface area contributed by atoms with E-state index in [9.17, 15) is 9.59 Å². The molecule has 2 atom stereocenters. The van der Waals surface area contributed by atoms with Gasteiger partial charge >= 0.3 is 0 Å². The summed E-state index contributed by atoms with van der Waals surface area (Å²) in [5, 5.41) is 5.56. The van der Waals surface area contributed by atoms with Gasteiger partial charge in [-0.05, 0) is 31.2 Å². The van der Waals surface area contributed by atoms with E-state index in [1.165, 1.54) is 6.92 Å². The third kappa shape index (κ3) is 3.11. The molecule has 0 bridgehead atoms. The van der Waals surface area contributed by atoms with Gasteiger partial charge < -0.3 is 15.4 Å². The molecule has 0 saturated carbocycles. The quantitative estimate of drug-likeness (QED) is 0.903. The van der Waals surface area contributed by atoms with Crippen molar-refractivity contribution in [3.05, 3.63) is 53.6 Å². The summed E-state index contributed by atoms with van der Waals surface area (Å²) >= 11 is 0. The predicted molar refractivity (Wildman–Crippen MR) is 93.6 cm³/mol. The van der Waals surface area contributed by atoms with E-state index in [2.05, 4.69) is 17.6 Å². The molecule has 0 spiro atoms. The Kier molecular flexibility index (Phi) is 4.25. The number of fused-ring (bicyclic) bond motifs is 1. The average Bonchev–Trinajstić information content (AvgIpc) is 2.82. The predicted octanol–water partition coefficient (Wildman–Crippen LogP) is 3.78. The number of rotatable bonds is 3. The second kappa shape index (κ2) is 6.35. The lowest BCUT2D eigenvalue weighted by Gasteiger charge is -2.11. The van der Waals surface area contributed by atoms with Gasteiger partial charge in [0.1, 0.15) is 11.9 Å². The largest absolute Gasteiger partial charge is 0.489 e. The topological polar surface area (TPSA) is 67.4 Å². The number of anilines is 2. The Labute approximate surface area is 141 Å². The molecule has 2 N–H and O–H groups in total. The lowest BCUT2D eigenvalue weighted by Crippen LogP contribution is -2.14. The zero-order valence-corrected chi connectivity index (χ0v) is 13.9. The minimum absolute atomic E-state index is 0.0528. The fraction of sp³-hybridized carbons (Fsp3) is 0.263. The fourth-order valence-corrected chi connectivity index (χ4v) is 2.84. The lowest BCUT2D eigenvalue weighted by molar-refractivity contribution is -0.114. The summed E-state index contributed by atoms with van der Waals surface area (Å²) in [6.07, 6.45) is 0.0528. The Balaban J connectivity index is 1.83. The van der Waals surface area contributed by atoms with Crippen molar-refractivity contribution in [3.63, 3.8) is 0 Å². The molecule has 0 aromatic heterocycles. The number of hydrogen-bond acceptors (Lipinski definition) is 3. The normalized spacial score (nSPS) is 18.5. The molecule has 1 aliphatic heterocycles. The second-order valence-corrected chi connectivity index (χ2v) is 6.05. The fourth-order valence-electron chi connectivity index (χ4n) is 2.84. The van der Waals surface area contributed by atoms with Crippen molar-refractivity contribution in [1.29, 1.82) is 0 Å². The Bertz CT molecular complexity index is 801. The van der Waals surface area contributed by atoms with E-state index in [0.29, 0.717) is 22.7 Å². The summed E-state index contributed by atoms with van der Waals surface area (Å²) in [5.41, 5.74) is 2.83. The van der Waals surface area contributed by atoms with Crippen molar-refractivity contribution < 1.29 is 14.3 Å². The van der Waals surface area contributed by atoms with Crippen molar-refractivity contribution >= 4 is 23.2 Å². The van der Waals surface area contributed by atoms with Gasteiger partial charge in [-0.2, -0.15) is 0 Å². The average molecular weight is 324 g/mol. The van der Waals surface area contributed by atoms with Gasteiger partial charge in [-0.3, -0.25) is 9.59 Å². The number of benzene rings is 2. The number of hydrogen-bond donors (Lipinski definition) is 2. The molecule has 2 amide bonds. The highest BCUT2D eigenvalue weighted by atomic mass is 16.5. The molecule has 3 rings (SSSR count). The highest BCUT2D eigenvalue weighted by Gasteiger charge is 2.31. The van der Waals surface area contributed by atoms with E-state index < -0.39 is 0 Å². The van der Waals surface area contributed by atoms with E-state index in [-0.39, 0.29) is 23.8 Å². The van der Waals surface area contributed by atoms with Gasteiger partial charge in [-0.15, -0.1) is 0 Å². The van der Waals surface area contributed by atoms with Crippen LogP contribution in [0.15, 0.2) is 42.5 Å². The van der Waals surface area contributed by atoms with Crippen LogP contribution in [-0.4, -0.2) is 17.9 Å². The number of carbonyl (C=O) groups is 2. The molecule has 2 aromatic rings. The highest BCUT2D eigenvalue weighted by Crippen LogP contribution is 2.40. The highest BCUT2D eigenvalue weighted by molar-refractivity contribution is 6.07. The molecule has 0 radical (unpaired) electrons. The van der Waals surface area contributed by atoms with Crippen LogP contribution in [-0.2, 0) is 4.79 Å². The summed E-state index contributed by atoms with van der Waals surface area (Å²) in [6, 6.07) is 12.7. The summed E-state index contributed by atoms with van der Waals surface area (Å²) < 4.78 is 5.87. The third-order valence-electron chi connectivity index (χ3n) is 4.23. The van der Waals surface area contributed by atoms with E-state index in [4.69, 9.17) is 4.74 Å². The van der Waals surface area contributed by atoms with Crippen LogP contribution in [0.5, 0.6) is 5.75 Å². The zero-order valence-electron chi connectivity index (χ0n) is 13.9. The Morgan fingerprint density at radius 1 is 1.00 bits per heavy atom. The Hall–Kier alpha value is -2.82. The van der Waals surface area contributed by atoms with Crippen LogP contribution in [0.1, 0.15) is 42.6 Å². The maximum Gasteiger partial charge on any atom is 0.259 e. The van der Waals surface area contributed by atoms with Crippen LogP contribution in [0.3, 0.4) is 0 Å². The van der Waals surface area contributed by atoms with Gasteiger partial charge in [0.05, 0.1) is 5.56 Å². The number of amides is 2. The molecular weight excluding hydrogens is 304 g/mol. The first-order valence-electron chi connectivity index (χ1n) is 7.94. The van der Waals surface area contributed by atoms with Crippen molar-refractivity contribution in [3.8, 4) is 5.75 Å². The molecule has 0 unspecified atom stereocenters. The first-order chi connectivity index (χ1) is 11.5. The number of para-hydroxylation sites is 1. The van der Waals surface area contributed by atoms with E-state index in [1.807, 2.05) is 19.1 Å². The molecule has 1 aliphatic rings. The van der Waals surface area contributed by atoms with Gasteiger partial charge in [0.2, 0.25) is 5.91 Å². The Morgan fingerprint density at radius 2 is 1.67 bits per heavy atom. The van der Waals surface area contributed by atoms with Crippen molar-refractivity contribution in [2.75, 3.05) is 10.6 Å². The van der Waals surface area contributed by atoms with Crippen LogP contribution < -0.4 is 15.4 Å². The van der Waals surface area contributed by atoms with Gasteiger partial charge in [0.25, 0.3) is 5.91 Å². The van der Waals surface area contributed by atoms with Crippen molar-refractivity contribution in [1.82, 2.24) is 0 Å². The van der Waals surface area contributed by atoms with E-state index in [1.54, 1.807) is 30.3 Å². The summed E-state index contributed by atoms with van der Waals surface area (Å²) in [5.74, 6) is 0.535. The van der Waals surface area contributed by atoms with Gasteiger partial charge in [-0.1, -0.05) is 25.1 Å². The molecule has 24 heavy (non-hydrogen) atoms. The maximum absolute atomic E-state index is 12.6. The van der Waals surface area contributed by atoms with Gasteiger partial charge in [0, 0.05) is 29.8 Å². The van der Waals surface area contributed by atoms with E-state index in [0.717, 1.165) is 5.56 Å². The zero-order chi connectivity index (χ0) is 17.3. The van der Waals surface area contributed by atoms with Crippen LogP contribution in [0, 0.1) is 0 Å². The maximum atomic E-state index is 12.6. The minimum atomic E-state index is -0.229. The third-order valence-corrected chi connectivity index (χ3v) is 4.23. The van der Waals surface area contributed by atoms with E-state index >= 15 is 0 Å². The van der Waals surface area contributed by atoms with Crippen LogP contribution in [0.25, 0.3) is 0 Å². The molecule has 1 heterocycles. The molecule has 5 nitrogen and oxygen atoms in total. The molecule has 0 saturated heterocycles.